The molecule has 0 unspecified atom stereocenters. The number of fused-ring (bicyclic) bond motifs is 2. The molecule has 1 saturated heterocycles. The average Bonchev–Trinajstić information content (AvgIpc) is 3.38. The van der Waals surface area contributed by atoms with Crippen LogP contribution in [-0.2, 0) is 0 Å². The number of rotatable bonds is 11. The fraction of sp³-hybridized carbons (Fsp3) is 0.355. The topological polar surface area (TPSA) is 104 Å². The molecule has 9 heteroatoms. The fourth-order valence-electron chi connectivity index (χ4n) is 4.93. The van der Waals surface area contributed by atoms with Crippen LogP contribution in [0.1, 0.15) is 53.6 Å². The van der Waals surface area contributed by atoms with Crippen molar-refractivity contribution in [2.24, 2.45) is 4.99 Å². The number of amides is 1. The molecule has 9 nitrogen and oxygen atoms in total. The predicted molar refractivity (Wildman–Crippen MR) is 153 cm³/mol. The lowest BCUT2D eigenvalue weighted by Crippen LogP contribution is -2.35. The minimum absolute atomic E-state index is 0.0448. The summed E-state index contributed by atoms with van der Waals surface area (Å²) >= 11 is 0. The highest BCUT2D eigenvalue weighted by molar-refractivity contribution is 6.03. The van der Waals surface area contributed by atoms with Crippen molar-refractivity contribution >= 4 is 23.5 Å². The maximum Gasteiger partial charge on any atom is 0.315 e. The summed E-state index contributed by atoms with van der Waals surface area (Å²) in [7, 11) is 0. The Kier molecular flexibility index (Phi) is 8.28. The zero-order valence-electron chi connectivity index (χ0n) is 22.8. The smallest absolute Gasteiger partial charge is 0.315 e. The van der Waals surface area contributed by atoms with Crippen molar-refractivity contribution in [3.63, 3.8) is 0 Å². The second kappa shape index (κ2) is 12.2. The van der Waals surface area contributed by atoms with Crippen molar-refractivity contribution in [2.75, 3.05) is 19.8 Å². The van der Waals surface area contributed by atoms with Gasteiger partial charge in [-0.3, -0.25) is 19.9 Å². The van der Waals surface area contributed by atoms with Gasteiger partial charge in [0.2, 0.25) is 5.75 Å². The first-order chi connectivity index (χ1) is 19.4. The Bertz CT molecular complexity index is 1420. The molecule has 1 amide bonds. The molecule has 208 valence electrons. The lowest BCUT2D eigenvalue weighted by molar-refractivity contribution is -0.385. The van der Waals surface area contributed by atoms with E-state index in [0.29, 0.717) is 36.0 Å². The SMILES string of the molecule is Cc1ccc(Oc2ccc(OCCCCCOc3cc4c(cc3C)C(=O)N3CCC[C@H]3C=N4)cc2[N+](=O)[O-])cc1. The summed E-state index contributed by atoms with van der Waals surface area (Å²) in [5.41, 5.74) is 3.15. The molecule has 0 aliphatic carbocycles. The number of benzene rings is 3. The summed E-state index contributed by atoms with van der Waals surface area (Å²) < 4.78 is 17.5. The molecule has 0 aromatic heterocycles. The van der Waals surface area contributed by atoms with Crippen molar-refractivity contribution in [3.05, 3.63) is 81.4 Å². The molecule has 3 aromatic carbocycles. The molecule has 0 saturated carbocycles. The van der Waals surface area contributed by atoms with Crippen molar-refractivity contribution < 1.29 is 23.9 Å². The second-order valence-electron chi connectivity index (χ2n) is 10.2. The third kappa shape index (κ3) is 6.25. The number of aliphatic imine (C=N–C) groups is 1. The van der Waals surface area contributed by atoms with Gasteiger partial charge in [0.15, 0.2) is 0 Å². The van der Waals surface area contributed by atoms with E-state index < -0.39 is 4.92 Å². The van der Waals surface area contributed by atoms with Gasteiger partial charge in [0.1, 0.15) is 17.2 Å². The number of hydrogen-bond acceptors (Lipinski definition) is 7. The van der Waals surface area contributed by atoms with Crippen LogP contribution in [0.25, 0.3) is 0 Å². The van der Waals surface area contributed by atoms with Gasteiger partial charge < -0.3 is 19.1 Å². The largest absolute Gasteiger partial charge is 0.493 e. The molecular weight excluding hydrogens is 510 g/mol. The maximum atomic E-state index is 13.0. The van der Waals surface area contributed by atoms with Gasteiger partial charge in [-0.15, -0.1) is 0 Å². The first kappa shape index (κ1) is 27.2. The summed E-state index contributed by atoms with van der Waals surface area (Å²) in [4.78, 5) is 30.6. The van der Waals surface area contributed by atoms with Crippen LogP contribution in [-0.4, -0.2) is 47.7 Å². The summed E-state index contributed by atoms with van der Waals surface area (Å²) in [6, 6.07) is 15.8. The van der Waals surface area contributed by atoms with Crippen LogP contribution >= 0.6 is 0 Å². The van der Waals surface area contributed by atoms with Gasteiger partial charge in [-0.1, -0.05) is 17.7 Å². The molecule has 0 bridgehead atoms. The molecule has 0 N–H and O–H groups in total. The van der Waals surface area contributed by atoms with E-state index in [1.165, 1.54) is 6.07 Å². The molecule has 2 heterocycles. The van der Waals surface area contributed by atoms with E-state index in [0.717, 1.165) is 55.5 Å². The highest BCUT2D eigenvalue weighted by Crippen LogP contribution is 2.35. The predicted octanol–water partition coefficient (Wildman–Crippen LogP) is 6.95. The molecule has 2 aliphatic rings. The Morgan fingerprint density at radius 1 is 0.950 bits per heavy atom. The van der Waals surface area contributed by atoms with Crippen LogP contribution in [0.15, 0.2) is 59.6 Å². The minimum atomic E-state index is -0.470. The van der Waals surface area contributed by atoms with E-state index in [1.807, 2.05) is 49.2 Å². The lowest BCUT2D eigenvalue weighted by atomic mass is 10.1. The van der Waals surface area contributed by atoms with Crippen LogP contribution in [0.5, 0.6) is 23.0 Å². The van der Waals surface area contributed by atoms with E-state index in [-0.39, 0.29) is 23.4 Å². The van der Waals surface area contributed by atoms with Gasteiger partial charge in [-0.05, 0) is 81.8 Å². The van der Waals surface area contributed by atoms with Crippen molar-refractivity contribution in [1.82, 2.24) is 4.90 Å². The summed E-state index contributed by atoms with van der Waals surface area (Å²) in [6.07, 6.45) is 6.32. The maximum absolute atomic E-state index is 13.0. The molecule has 0 spiro atoms. The monoisotopic (exact) mass is 543 g/mol. The zero-order chi connectivity index (χ0) is 28.1. The first-order valence-electron chi connectivity index (χ1n) is 13.7. The Labute approximate surface area is 233 Å². The number of carbonyl (C=O) groups excluding carboxylic acids is 1. The number of unbranched alkanes of at least 4 members (excludes halogenated alkanes) is 2. The van der Waals surface area contributed by atoms with Gasteiger partial charge in [-0.25, -0.2) is 0 Å². The minimum Gasteiger partial charge on any atom is -0.493 e. The Balaban J connectivity index is 1.08. The summed E-state index contributed by atoms with van der Waals surface area (Å²) in [6.45, 7) is 5.65. The molecular formula is C31H33N3O6. The van der Waals surface area contributed by atoms with Crippen LogP contribution < -0.4 is 14.2 Å². The molecule has 5 rings (SSSR count). The van der Waals surface area contributed by atoms with E-state index in [2.05, 4.69) is 4.99 Å². The molecule has 40 heavy (non-hydrogen) atoms. The van der Waals surface area contributed by atoms with Crippen molar-refractivity contribution in [1.29, 1.82) is 0 Å². The molecule has 1 fully saturated rings. The van der Waals surface area contributed by atoms with E-state index in [9.17, 15) is 14.9 Å². The van der Waals surface area contributed by atoms with Gasteiger partial charge in [0, 0.05) is 18.8 Å². The highest BCUT2D eigenvalue weighted by atomic mass is 16.6. The van der Waals surface area contributed by atoms with Gasteiger partial charge in [0.25, 0.3) is 5.91 Å². The number of carbonyl (C=O) groups is 1. The fourth-order valence-corrected chi connectivity index (χ4v) is 4.93. The van der Waals surface area contributed by atoms with E-state index >= 15 is 0 Å². The van der Waals surface area contributed by atoms with Gasteiger partial charge in [-0.2, -0.15) is 0 Å². The lowest BCUT2D eigenvalue weighted by Gasteiger charge is -2.20. The van der Waals surface area contributed by atoms with Crippen LogP contribution in [0, 0.1) is 24.0 Å². The molecule has 3 aromatic rings. The molecule has 2 aliphatic heterocycles. The Morgan fingerprint density at radius 2 is 1.70 bits per heavy atom. The number of nitrogens with zero attached hydrogens (tertiary/aromatic N) is 3. The molecule has 1 atom stereocenters. The van der Waals surface area contributed by atoms with Crippen LogP contribution in [0.3, 0.4) is 0 Å². The number of nitro groups is 1. The second-order valence-corrected chi connectivity index (χ2v) is 10.2. The standard InChI is InChI=1S/C31H33N3O6/c1-21-8-10-24(11-9-21)40-29-13-12-25(18-28(29)34(36)37)38-15-4-3-5-16-39-30-19-27-26(17-22(30)2)31(35)33-14-6-7-23(33)20-32-27/h8-13,17-20,23H,3-7,14-16H2,1-2H3/t23-/m0/s1. The quantitative estimate of drug-likeness (QED) is 0.147. The van der Waals surface area contributed by atoms with E-state index in [1.54, 1.807) is 24.3 Å². The molecule has 0 radical (unpaired) electrons. The third-order valence-corrected chi connectivity index (χ3v) is 7.16. The highest BCUT2D eigenvalue weighted by Gasteiger charge is 2.32. The Morgan fingerprint density at radius 3 is 2.48 bits per heavy atom. The number of hydrogen-bond donors (Lipinski definition) is 0. The number of aryl methyl sites for hydroxylation is 2. The Hall–Kier alpha value is -4.40. The summed E-state index contributed by atoms with van der Waals surface area (Å²) in [5.74, 6) is 1.91. The van der Waals surface area contributed by atoms with E-state index in [4.69, 9.17) is 14.2 Å². The zero-order valence-corrected chi connectivity index (χ0v) is 22.8. The first-order valence-corrected chi connectivity index (χ1v) is 13.7. The van der Waals surface area contributed by atoms with Crippen molar-refractivity contribution in [3.8, 4) is 23.0 Å². The third-order valence-electron chi connectivity index (χ3n) is 7.16. The van der Waals surface area contributed by atoms with Gasteiger partial charge >= 0.3 is 5.69 Å². The van der Waals surface area contributed by atoms with Crippen LogP contribution in [0.2, 0.25) is 0 Å². The van der Waals surface area contributed by atoms with Crippen molar-refractivity contribution in [2.45, 2.75) is 52.0 Å². The summed E-state index contributed by atoms with van der Waals surface area (Å²) in [5, 5.41) is 11.6. The van der Waals surface area contributed by atoms with Crippen LogP contribution in [0.4, 0.5) is 11.4 Å². The normalized spacial score (nSPS) is 15.8. The number of ether oxygens (including phenoxy) is 3. The van der Waals surface area contributed by atoms with Gasteiger partial charge in [0.05, 0.1) is 41.5 Å². The number of nitro benzene ring substituents is 1. The average molecular weight is 544 g/mol.